The van der Waals surface area contributed by atoms with E-state index < -0.39 is 15.7 Å². The molecule has 0 fully saturated rings. The number of nitrogens with zero attached hydrogens (tertiary/aromatic N) is 2. The SMILES string of the molecule is COc1c(-c2ccoc2)ccc(C[S@@](=O)(=NC#N)c2ccccc2)c1C(=O)O. The number of ether oxygens (including phenoxy) is 1. The van der Waals surface area contributed by atoms with Gasteiger partial charge in [0.2, 0.25) is 6.19 Å². The Hall–Kier alpha value is -3.57. The molecule has 1 N–H and O–H groups in total. The number of carbonyl (C=O) groups is 1. The zero-order valence-electron chi connectivity index (χ0n) is 14.9. The van der Waals surface area contributed by atoms with E-state index in [4.69, 9.17) is 14.4 Å². The highest BCUT2D eigenvalue weighted by Gasteiger charge is 2.25. The second-order valence-corrected chi connectivity index (χ2v) is 8.01. The summed E-state index contributed by atoms with van der Waals surface area (Å²) in [6.07, 6.45) is 4.54. The molecule has 0 amide bonds. The molecule has 1 heterocycles. The molecule has 0 bridgehead atoms. The van der Waals surface area contributed by atoms with Crippen molar-refractivity contribution in [2.75, 3.05) is 7.11 Å². The van der Waals surface area contributed by atoms with Crippen molar-refractivity contribution in [3.63, 3.8) is 0 Å². The number of hydrogen-bond donors (Lipinski definition) is 1. The van der Waals surface area contributed by atoms with E-state index in [0.29, 0.717) is 16.0 Å². The van der Waals surface area contributed by atoms with Gasteiger partial charge in [0.25, 0.3) is 0 Å². The number of rotatable bonds is 6. The maximum atomic E-state index is 13.4. The predicted molar refractivity (Wildman–Crippen MR) is 102 cm³/mol. The quantitative estimate of drug-likeness (QED) is 0.626. The highest BCUT2D eigenvalue weighted by Crippen LogP contribution is 2.37. The number of furan rings is 1. The first kappa shape index (κ1) is 19.2. The van der Waals surface area contributed by atoms with Gasteiger partial charge in [0.15, 0.2) is 0 Å². The average molecular weight is 396 g/mol. The highest BCUT2D eigenvalue weighted by molar-refractivity contribution is 7.93. The second-order valence-electron chi connectivity index (χ2n) is 5.79. The Morgan fingerprint density at radius 2 is 2.00 bits per heavy atom. The molecule has 1 atom stereocenters. The van der Waals surface area contributed by atoms with E-state index >= 15 is 0 Å². The Balaban J connectivity index is 2.20. The standard InChI is InChI=1S/C20H16N2O5S/c1-26-19-17(14-9-10-27-11-14)8-7-15(18(19)20(23)24)12-28(25,22-13-21)16-5-3-2-4-6-16/h2-11H,12H2,1H3,(H,23,24)/t28-/m0/s1. The number of benzene rings is 2. The van der Waals surface area contributed by atoms with Crippen molar-refractivity contribution < 1.29 is 23.3 Å². The molecule has 142 valence electrons. The minimum Gasteiger partial charge on any atom is -0.495 e. The van der Waals surface area contributed by atoms with E-state index in [1.165, 1.54) is 19.6 Å². The van der Waals surface area contributed by atoms with Crippen LogP contribution in [0.15, 0.2) is 74.7 Å². The molecule has 0 saturated carbocycles. The molecule has 8 heteroatoms. The van der Waals surface area contributed by atoms with Crippen LogP contribution in [-0.2, 0) is 15.5 Å². The third-order valence-corrected chi connectivity index (χ3v) is 6.23. The van der Waals surface area contributed by atoms with Crippen molar-refractivity contribution in [2.45, 2.75) is 10.6 Å². The molecule has 7 nitrogen and oxygen atoms in total. The fraction of sp³-hybridized carbons (Fsp3) is 0.100. The fourth-order valence-electron chi connectivity index (χ4n) is 2.91. The second kappa shape index (κ2) is 7.98. The Morgan fingerprint density at radius 3 is 2.57 bits per heavy atom. The maximum absolute atomic E-state index is 13.4. The van der Waals surface area contributed by atoms with Crippen LogP contribution in [0.3, 0.4) is 0 Å². The molecule has 1 aromatic heterocycles. The Bertz CT molecular complexity index is 1160. The lowest BCUT2D eigenvalue weighted by Gasteiger charge is -2.16. The van der Waals surface area contributed by atoms with Gasteiger partial charge in [-0.25, -0.2) is 9.00 Å². The minimum atomic E-state index is -3.19. The topological polar surface area (TPSA) is 113 Å². The normalized spacial score (nSPS) is 12.6. The van der Waals surface area contributed by atoms with Crippen LogP contribution in [0.1, 0.15) is 15.9 Å². The molecule has 28 heavy (non-hydrogen) atoms. The zero-order valence-corrected chi connectivity index (χ0v) is 15.7. The molecule has 0 unspecified atom stereocenters. The van der Waals surface area contributed by atoms with Gasteiger partial charge in [-0.1, -0.05) is 30.3 Å². The first-order valence-corrected chi connectivity index (χ1v) is 9.82. The lowest BCUT2D eigenvalue weighted by molar-refractivity contribution is 0.0692. The largest absolute Gasteiger partial charge is 0.495 e. The van der Waals surface area contributed by atoms with Gasteiger partial charge in [-0.15, -0.1) is 4.36 Å². The molecule has 3 aromatic rings. The van der Waals surface area contributed by atoms with Crippen molar-refractivity contribution in [1.29, 1.82) is 5.26 Å². The molecule has 0 saturated heterocycles. The first-order valence-electron chi connectivity index (χ1n) is 8.14. The fourth-order valence-corrected chi connectivity index (χ4v) is 4.63. The Morgan fingerprint density at radius 1 is 1.25 bits per heavy atom. The van der Waals surface area contributed by atoms with E-state index in [1.807, 2.05) is 0 Å². The van der Waals surface area contributed by atoms with Gasteiger partial charge in [-0.3, -0.25) is 0 Å². The van der Waals surface area contributed by atoms with Crippen LogP contribution < -0.4 is 4.74 Å². The lowest BCUT2D eigenvalue weighted by Crippen LogP contribution is -2.12. The minimum absolute atomic E-state index is 0.123. The van der Waals surface area contributed by atoms with Crippen molar-refractivity contribution in [2.24, 2.45) is 4.36 Å². The van der Waals surface area contributed by atoms with Crippen molar-refractivity contribution in [3.8, 4) is 23.1 Å². The predicted octanol–water partition coefficient (Wildman–Crippen LogP) is 4.16. The Kier molecular flexibility index (Phi) is 5.47. The summed E-state index contributed by atoms with van der Waals surface area (Å²) in [6, 6.07) is 13.2. The summed E-state index contributed by atoms with van der Waals surface area (Å²) in [4.78, 5) is 12.4. The van der Waals surface area contributed by atoms with Gasteiger partial charge in [0.1, 0.15) is 11.3 Å². The van der Waals surface area contributed by atoms with E-state index in [2.05, 4.69) is 4.36 Å². The van der Waals surface area contributed by atoms with Crippen LogP contribution in [0, 0.1) is 11.5 Å². The van der Waals surface area contributed by atoms with Gasteiger partial charge >= 0.3 is 5.97 Å². The average Bonchev–Trinajstić information content (AvgIpc) is 3.22. The van der Waals surface area contributed by atoms with Crippen LogP contribution in [0.2, 0.25) is 0 Å². The molecular formula is C20H16N2O5S. The van der Waals surface area contributed by atoms with Gasteiger partial charge in [0.05, 0.1) is 35.1 Å². The van der Waals surface area contributed by atoms with Crippen LogP contribution in [0.4, 0.5) is 0 Å². The summed E-state index contributed by atoms with van der Waals surface area (Å²) in [6.45, 7) is 0. The molecule has 2 aromatic carbocycles. The van der Waals surface area contributed by atoms with Crippen molar-refractivity contribution in [1.82, 2.24) is 0 Å². The van der Waals surface area contributed by atoms with Crippen molar-refractivity contribution in [3.05, 3.63) is 72.2 Å². The van der Waals surface area contributed by atoms with Crippen molar-refractivity contribution >= 4 is 15.7 Å². The molecule has 0 spiro atoms. The molecule has 0 radical (unpaired) electrons. The van der Waals surface area contributed by atoms with E-state index in [-0.39, 0.29) is 22.6 Å². The Labute approximate surface area is 162 Å². The summed E-state index contributed by atoms with van der Waals surface area (Å²) < 4.78 is 27.5. The van der Waals surface area contributed by atoms with Crippen LogP contribution in [0.5, 0.6) is 5.75 Å². The van der Waals surface area contributed by atoms with Crippen LogP contribution in [-0.4, -0.2) is 22.4 Å². The van der Waals surface area contributed by atoms with Gasteiger partial charge in [-0.2, -0.15) is 5.26 Å². The molecular weight excluding hydrogens is 380 g/mol. The highest BCUT2D eigenvalue weighted by atomic mass is 32.2. The zero-order chi connectivity index (χ0) is 20.1. The summed E-state index contributed by atoms with van der Waals surface area (Å²) in [5, 5.41) is 18.8. The third kappa shape index (κ3) is 3.61. The van der Waals surface area contributed by atoms with Gasteiger partial charge in [-0.05, 0) is 23.8 Å². The molecule has 0 aliphatic carbocycles. The number of hydrogen-bond acceptors (Lipinski definition) is 6. The van der Waals surface area contributed by atoms with Gasteiger partial charge < -0.3 is 14.3 Å². The maximum Gasteiger partial charge on any atom is 0.339 e. The summed E-state index contributed by atoms with van der Waals surface area (Å²) in [7, 11) is -1.83. The smallest absolute Gasteiger partial charge is 0.339 e. The van der Waals surface area contributed by atoms with Crippen LogP contribution >= 0.6 is 0 Å². The molecule has 0 aliphatic heterocycles. The third-order valence-electron chi connectivity index (χ3n) is 4.15. The number of aromatic carboxylic acids is 1. The van der Waals surface area contributed by atoms with Gasteiger partial charge in [0, 0.05) is 16.0 Å². The van der Waals surface area contributed by atoms with E-state index in [0.717, 1.165) is 0 Å². The lowest BCUT2D eigenvalue weighted by atomic mass is 9.99. The summed E-state index contributed by atoms with van der Waals surface area (Å²) >= 11 is 0. The number of carboxylic acids is 1. The number of carboxylic acid groups (broad SMARTS) is 1. The molecule has 3 rings (SSSR count). The number of nitriles is 1. The molecule has 0 aliphatic rings. The summed E-state index contributed by atoms with van der Waals surface area (Å²) in [5.74, 6) is -1.35. The first-order chi connectivity index (χ1) is 13.5. The number of methoxy groups -OCH3 is 1. The summed E-state index contributed by atoms with van der Waals surface area (Å²) in [5.41, 5.74) is 1.31. The monoisotopic (exact) mass is 396 g/mol. The van der Waals surface area contributed by atoms with Crippen LogP contribution in [0.25, 0.3) is 11.1 Å². The van der Waals surface area contributed by atoms with E-state index in [1.54, 1.807) is 54.7 Å². The van der Waals surface area contributed by atoms with E-state index in [9.17, 15) is 14.1 Å².